The van der Waals surface area contributed by atoms with E-state index in [1.165, 1.54) is 16.9 Å². The van der Waals surface area contributed by atoms with Crippen molar-refractivity contribution in [3.63, 3.8) is 0 Å². The van der Waals surface area contributed by atoms with Gasteiger partial charge in [-0.25, -0.2) is 23.8 Å². The number of carboxylic acid groups (broad SMARTS) is 1. The maximum Gasteiger partial charge on any atom is 0.355 e. The molecule has 0 radical (unpaired) electrons. The topological polar surface area (TPSA) is 224 Å². The minimum Gasteiger partial charge on any atom is -0.476 e. The Kier molecular flexibility index (Phi) is 6.36. The zero-order valence-corrected chi connectivity index (χ0v) is 19.7. The zero-order valence-electron chi connectivity index (χ0n) is 19.7. The maximum absolute atomic E-state index is 12.4. The molecule has 0 atom stereocenters. The molecular formula is C22H18N10O5. The Morgan fingerprint density at radius 2 is 1.51 bits per heavy atom. The van der Waals surface area contributed by atoms with Gasteiger partial charge in [-0.3, -0.25) is 19.8 Å². The van der Waals surface area contributed by atoms with E-state index in [1.807, 2.05) is 19.1 Å². The number of hydrogen-bond donors (Lipinski definition) is 3. The average molecular weight is 502 g/mol. The van der Waals surface area contributed by atoms with Crippen molar-refractivity contribution in [1.29, 1.82) is 10.5 Å². The van der Waals surface area contributed by atoms with Crippen LogP contribution in [0.4, 0.5) is 0 Å². The van der Waals surface area contributed by atoms with Gasteiger partial charge in [-0.15, -0.1) is 10.2 Å². The van der Waals surface area contributed by atoms with Crippen molar-refractivity contribution in [3.05, 3.63) is 66.9 Å². The lowest BCUT2D eigenvalue weighted by atomic mass is 10.1. The van der Waals surface area contributed by atoms with E-state index in [-0.39, 0.29) is 51.5 Å². The van der Waals surface area contributed by atoms with Gasteiger partial charge in [-0.05, 0) is 12.8 Å². The van der Waals surface area contributed by atoms with E-state index in [0.717, 1.165) is 4.52 Å². The second kappa shape index (κ2) is 9.59. The molecule has 5 rings (SSSR count). The molecule has 5 heterocycles. The van der Waals surface area contributed by atoms with E-state index in [1.54, 1.807) is 13.8 Å². The Hall–Kier alpha value is -5.57. The highest BCUT2D eigenvalue weighted by atomic mass is 16.4. The summed E-state index contributed by atoms with van der Waals surface area (Å²) < 4.78 is 7.65. The molecule has 15 heteroatoms. The number of rotatable bonds is 4. The van der Waals surface area contributed by atoms with Crippen LogP contribution < -0.4 is 11.1 Å². The Balaban J connectivity index is 0.000000176. The standard InChI is InChI=1S/C12H10N6O2.C10H8N4O3/c1-3-8-9(11-17-16-6(2)20-11)15-10-7(4-13)5-14-18(10)12(8)19;1-2-6-7(10(16)17)13-8-5(3-11)4-12-14(8)9(6)15/h5,14H,3H2,1-2H3;4,12H,2H2,1H3,(H,16,17). The summed E-state index contributed by atoms with van der Waals surface area (Å²) in [6.45, 7) is 5.17. The highest BCUT2D eigenvalue weighted by Gasteiger charge is 2.20. The van der Waals surface area contributed by atoms with E-state index < -0.39 is 11.5 Å². The first kappa shape index (κ1) is 24.6. The van der Waals surface area contributed by atoms with Gasteiger partial charge in [0.1, 0.15) is 29.0 Å². The molecule has 5 aromatic rings. The van der Waals surface area contributed by atoms with E-state index in [0.29, 0.717) is 23.6 Å². The van der Waals surface area contributed by atoms with Gasteiger partial charge in [-0.1, -0.05) is 13.8 Å². The third-order valence-corrected chi connectivity index (χ3v) is 5.39. The predicted molar refractivity (Wildman–Crippen MR) is 125 cm³/mol. The number of carboxylic acids is 1. The third-order valence-electron chi connectivity index (χ3n) is 5.39. The monoisotopic (exact) mass is 502 g/mol. The molecular weight excluding hydrogens is 484 g/mol. The van der Waals surface area contributed by atoms with E-state index in [9.17, 15) is 14.4 Å². The summed E-state index contributed by atoms with van der Waals surface area (Å²) in [7, 11) is 0. The molecule has 0 saturated heterocycles. The van der Waals surface area contributed by atoms with Crippen molar-refractivity contribution in [3.8, 4) is 23.7 Å². The van der Waals surface area contributed by atoms with Gasteiger partial charge < -0.3 is 9.52 Å². The fourth-order valence-corrected chi connectivity index (χ4v) is 3.65. The van der Waals surface area contributed by atoms with Crippen molar-refractivity contribution in [2.75, 3.05) is 0 Å². The number of nitrogens with one attached hydrogen (secondary N) is 2. The first-order valence-corrected chi connectivity index (χ1v) is 10.9. The molecule has 3 N–H and O–H groups in total. The predicted octanol–water partition coefficient (Wildman–Crippen LogP) is 0.970. The molecule has 0 spiro atoms. The quantitative estimate of drug-likeness (QED) is 0.314. The second-order valence-electron chi connectivity index (χ2n) is 7.54. The lowest BCUT2D eigenvalue weighted by molar-refractivity contribution is 0.0689. The number of hydrogen-bond acceptors (Lipinski definition) is 10. The molecule has 0 fully saturated rings. The van der Waals surface area contributed by atoms with Gasteiger partial charge in [-0.2, -0.15) is 10.5 Å². The molecule has 37 heavy (non-hydrogen) atoms. The highest BCUT2D eigenvalue weighted by Crippen LogP contribution is 2.20. The average Bonchev–Trinajstić information content (AvgIpc) is 3.62. The number of nitrogens with zero attached hydrogens (tertiary/aromatic N) is 8. The molecule has 15 nitrogen and oxygen atoms in total. The first-order chi connectivity index (χ1) is 17.7. The fraction of sp³-hybridized carbons (Fsp3) is 0.227. The van der Waals surface area contributed by atoms with Crippen LogP contribution in [0.25, 0.3) is 22.9 Å². The molecule has 186 valence electrons. The number of carbonyl (C=O) groups is 1. The normalized spacial score (nSPS) is 10.6. The van der Waals surface area contributed by atoms with Crippen LogP contribution in [-0.2, 0) is 12.8 Å². The third kappa shape index (κ3) is 4.10. The number of H-pyrrole nitrogens is 2. The van der Waals surface area contributed by atoms with Gasteiger partial charge >= 0.3 is 5.97 Å². The van der Waals surface area contributed by atoms with Gasteiger partial charge in [0.05, 0.1) is 11.1 Å². The van der Waals surface area contributed by atoms with Crippen LogP contribution in [-0.4, -0.2) is 50.5 Å². The van der Waals surface area contributed by atoms with Crippen LogP contribution >= 0.6 is 0 Å². The highest BCUT2D eigenvalue weighted by molar-refractivity contribution is 5.87. The smallest absolute Gasteiger partial charge is 0.355 e. The van der Waals surface area contributed by atoms with Crippen LogP contribution in [0.1, 0.15) is 52.5 Å². The van der Waals surface area contributed by atoms with Gasteiger partial charge in [0.2, 0.25) is 5.89 Å². The van der Waals surface area contributed by atoms with Gasteiger partial charge in [0.15, 0.2) is 17.0 Å². The van der Waals surface area contributed by atoms with Crippen molar-refractivity contribution < 1.29 is 14.3 Å². The molecule has 0 unspecified atom stereocenters. The Morgan fingerprint density at radius 1 is 0.973 bits per heavy atom. The van der Waals surface area contributed by atoms with E-state index in [2.05, 4.69) is 30.4 Å². The van der Waals surface area contributed by atoms with Gasteiger partial charge in [0.25, 0.3) is 17.0 Å². The van der Waals surface area contributed by atoms with Crippen molar-refractivity contribution >= 4 is 17.3 Å². The van der Waals surface area contributed by atoms with Crippen molar-refractivity contribution in [2.24, 2.45) is 0 Å². The molecule has 0 amide bonds. The fourth-order valence-electron chi connectivity index (χ4n) is 3.65. The lowest BCUT2D eigenvalue weighted by Crippen LogP contribution is -2.24. The van der Waals surface area contributed by atoms with Gasteiger partial charge in [0, 0.05) is 19.3 Å². The minimum absolute atomic E-state index is 0.0344. The summed E-state index contributed by atoms with van der Waals surface area (Å²) in [5.74, 6) is -0.700. The number of nitriles is 2. The number of aromatic carboxylic acids is 1. The molecule has 0 aromatic carbocycles. The van der Waals surface area contributed by atoms with Crippen LogP contribution in [0.5, 0.6) is 0 Å². The van der Waals surface area contributed by atoms with E-state index >= 15 is 0 Å². The summed E-state index contributed by atoms with van der Waals surface area (Å²) in [5.41, 5.74) is 0.532. The lowest BCUT2D eigenvalue weighted by Gasteiger charge is -2.03. The van der Waals surface area contributed by atoms with Crippen molar-refractivity contribution in [2.45, 2.75) is 33.6 Å². The Bertz CT molecular complexity index is 1870. The molecule has 0 aliphatic rings. The van der Waals surface area contributed by atoms with Crippen LogP contribution in [0, 0.1) is 29.6 Å². The molecule has 5 aromatic heterocycles. The maximum atomic E-state index is 12.4. The largest absolute Gasteiger partial charge is 0.476 e. The summed E-state index contributed by atoms with van der Waals surface area (Å²) in [4.78, 5) is 43.5. The van der Waals surface area contributed by atoms with Crippen molar-refractivity contribution in [1.82, 2.24) is 39.4 Å². The van der Waals surface area contributed by atoms with Crippen LogP contribution in [0.15, 0.2) is 26.4 Å². The SMILES string of the molecule is CCc1c(-c2nnc(C)o2)nc2c(C#N)c[nH]n2c1=O.CCc1c(C(=O)O)nc2c(C#N)c[nH]n2c1=O. The zero-order chi connectivity index (χ0) is 26.9. The molecule has 0 aliphatic carbocycles. The minimum atomic E-state index is -1.27. The molecule has 0 aliphatic heterocycles. The summed E-state index contributed by atoms with van der Waals surface area (Å²) >= 11 is 0. The first-order valence-electron chi connectivity index (χ1n) is 10.9. The number of aromatic nitrogens is 8. The number of aryl methyl sites for hydroxylation is 1. The summed E-state index contributed by atoms with van der Waals surface area (Å²) in [5, 5.41) is 39.7. The molecule has 0 bridgehead atoms. The summed E-state index contributed by atoms with van der Waals surface area (Å²) in [6.07, 6.45) is 3.48. The van der Waals surface area contributed by atoms with Crippen LogP contribution in [0.3, 0.4) is 0 Å². The summed E-state index contributed by atoms with van der Waals surface area (Å²) in [6, 6.07) is 3.81. The number of fused-ring (bicyclic) bond motifs is 2. The van der Waals surface area contributed by atoms with Crippen LogP contribution in [0.2, 0.25) is 0 Å². The Labute approximate surface area is 206 Å². The van der Waals surface area contributed by atoms with E-state index in [4.69, 9.17) is 20.0 Å². The second-order valence-corrected chi connectivity index (χ2v) is 7.54. The molecule has 0 saturated carbocycles. The number of aromatic amines is 2. The Morgan fingerprint density at radius 3 is 1.97 bits per heavy atom.